The molecular weight excluding hydrogens is 1270 g/mol. The molecule has 18 rings (SSSR count). The van der Waals surface area contributed by atoms with E-state index in [-0.39, 0.29) is 10.8 Å². The number of aromatic nitrogens is 6. The van der Waals surface area contributed by atoms with Crippen molar-refractivity contribution in [2.45, 2.75) is 52.4 Å². The maximum absolute atomic E-state index is 10.5. The molecule has 0 aliphatic heterocycles. The minimum absolute atomic E-state index is 0.000126. The van der Waals surface area contributed by atoms with Gasteiger partial charge in [0.05, 0.1) is 90.2 Å². The van der Waals surface area contributed by atoms with Gasteiger partial charge in [-0.15, -0.1) is 0 Å². The third kappa shape index (κ3) is 10.5. The minimum atomic E-state index is -0.0128. The van der Waals surface area contributed by atoms with Gasteiger partial charge in [-0.1, -0.05) is 224 Å². The van der Waals surface area contributed by atoms with Crippen LogP contribution in [0.4, 0.5) is 0 Å². The molecule has 0 radical (unpaired) electrons. The Hall–Kier alpha value is -13.9. The van der Waals surface area contributed by atoms with Gasteiger partial charge < -0.3 is 9.13 Å². The van der Waals surface area contributed by atoms with Crippen LogP contribution in [-0.2, 0) is 10.8 Å². The maximum atomic E-state index is 10.5. The van der Waals surface area contributed by atoms with Crippen molar-refractivity contribution >= 4 is 87.2 Å². The summed E-state index contributed by atoms with van der Waals surface area (Å²) in [6.45, 7) is 13.4. The summed E-state index contributed by atoms with van der Waals surface area (Å²) in [7, 11) is 0. The molecule has 0 aliphatic carbocycles. The number of para-hydroxylation sites is 4. The molecule has 18 aromatic rings. The molecule has 6 aromatic heterocycles. The predicted octanol–water partition coefficient (Wildman–Crippen LogP) is 23.3. The molecule has 6 heterocycles. The van der Waals surface area contributed by atoms with Crippen LogP contribution in [0.15, 0.2) is 291 Å². The molecule has 10 heteroatoms. The van der Waals surface area contributed by atoms with Crippen molar-refractivity contribution in [3.05, 3.63) is 325 Å². The Balaban J connectivity index is 0.000000154. The number of hydrogen-bond donors (Lipinski definition) is 0. The Kier molecular flexibility index (Phi) is 15.3. The predicted molar refractivity (Wildman–Crippen MR) is 424 cm³/mol. The highest BCUT2D eigenvalue weighted by molar-refractivity contribution is 6.14. The van der Waals surface area contributed by atoms with E-state index in [1.54, 1.807) is 12.1 Å². The molecule has 0 saturated carbocycles. The summed E-state index contributed by atoms with van der Waals surface area (Å²) in [4.78, 5) is 10.4. The summed E-state index contributed by atoms with van der Waals surface area (Å²) in [5, 5.41) is 50.2. The average Bonchev–Trinajstić information content (AvgIpc) is 1.57. The zero-order valence-electron chi connectivity index (χ0n) is 58.2. The van der Waals surface area contributed by atoms with Crippen molar-refractivity contribution < 1.29 is 0 Å². The molecule has 0 N–H and O–H groups in total. The number of nitrogens with zero attached hydrogens (tertiary/aromatic N) is 10. The largest absolute Gasteiger partial charge is 0.307 e. The molecule has 0 fully saturated rings. The molecule has 12 aromatic carbocycles. The molecule has 492 valence electrons. The van der Waals surface area contributed by atoms with Gasteiger partial charge in [0.25, 0.3) is 0 Å². The molecule has 0 unspecified atom stereocenters. The second-order valence-electron chi connectivity index (χ2n) is 28.6. The van der Waals surface area contributed by atoms with Gasteiger partial charge in [-0.25, -0.2) is 9.97 Å². The van der Waals surface area contributed by atoms with E-state index in [4.69, 9.17) is 9.97 Å². The van der Waals surface area contributed by atoms with E-state index in [1.165, 1.54) is 16.5 Å². The highest BCUT2D eigenvalue weighted by Gasteiger charge is 2.27. The monoisotopic (exact) mass is 1330 g/mol. The van der Waals surface area contributed by atoms with Crippen molar-refractivity contribution in [3.63, 3.8) is 0 Å². The first-order valence-electron chi connectivity index (χ1n) is 34.8. The molecule has 0 aliphatic rings. The van der Waals surface area contributed by atoms with E-state index in [0.29, 0.717) is 39.2 Å². The van der Waals surface area contributed by atoms with Gasteiger partial charge in [-0.3, -0.25) is 9.13 Å². The van der Waals surface area contributed by atoms with Crippen LogP contribution in [0.5, 0.6) is 0 Å². The van der Waals surface area contributed by atoms with Gasteiger partial charge in [0.15, 0.2) is 0 Å². The summed E-state index contributed by atoms with van der Waals surface area (Å²) in [6, 6.07) is 105. The van der Waals surface area contributed by atoms with Crippen LogP contribution in [0, 0.1) is 45.3 Å². The van der Waals surface area contributed by atoms with Crippen molar-refractivity contribution in [3.8, 4) is 91.8 Å². The van der Waals surface area contributed by atoms with Crippen molar-refractivity contribution in [1.82, 2.24) is 28.2 Å². The fourth-order valence-electron chi connectivity index (χ4n) is 15.3. The van der Waals surface area contributed by atoms with Gasteiger partial charge in [0, 0.05) is 65.3 Å². The second-order valence-corrected chi connectivity index (χ2v) is 28.6. The molecule has 0 saturated heterocycles. The van der Waals surface area contributed by atoms with Crippen LogP contribution in [0.2, 0.25) is 0 Å². The van der Waals surface area contributed by atoms with E-state index in [9.17, 15) is 21.0 Å². The van der Waals surface area contributed by atoms with Gasteiger partial charge in [-0.05, 0) is 141 Å². The van der Waals surface area contributed by atoms with Gasteiger partial charge in [-0.2, -0.15) is 21.0 Å². The van der Waals surface area contributed by atoms with Crippen LogP contribution in [0.25, 0.3) is 155 Å². The van der Waals surface area contributed by atoms with Crippen LogP contribution in [0.1, 0.15) is 74.9 Å². The van der Waals surface area contributed by atoms with Crippen molar-refractivity contribution in [2.75, 3.05) is 0 Å². The lowest BCUT2D eigenvalue weighted by Crippen LogP contribution is -2.10. The maximum Gasteiger partial charge on any atom is 0.138 e. The van der Waals surface area contributed by atoms with Gasteiger partial charge in [0.1, 0.15) is 35.9 Å². The number of fused-ring (bicyclic) bond motifs is 12. The third-order valence-electron chi connectivity index (χ3n) is 20.5. The number of rotatable bonds is 8. The standard InChI is InChI=1S/C49H29N5.C45H37N5/c50-29-36-16-11-19-37(43(36)30-51)42-28-49(54-45-21-10-8-18-39(45)41-27-35(23-25-47(41)54)33-14-5-2-6-15-33)52-31-48(42)53-44-20-9-7-17-38(44)40-26-34(22-24-46(40)53)32-12-3-1-4-13-32;1-44(2,3)29-18-20-40-34(22-29)32-13-7-9-16-38(32)49(40)42-27-48-43(24-36(42)31-15-11-12-28(25-46)37(31)26-47)50-39-17-10-8-14-33(39)35-23-30(45(4,5)6)19-21-41(35)50/h1-28,31H;7-24,27H,1-6H3. The van der Waals surface area contributed by atoms with E-state index in [2.05, 4.69) is 315 Å². The second kappa shape index (κ2) is 25.1. The first kappa shape index (κ1) is 63.5. The normalized spacial score (nSPS) is 11.7. The molecule has 0 amide bonds. The zero-order chi connectivity index (χ0) is 71.1. The van der Waals surface area contributed by atoms with E-state index in [1.807, 2.05) is 48.8 Å². The number of benzene rings is 12. The van der Waals surface area contributed by atoms with Gasteiger partial charge >= 0.3 is 0 Å². The average molecular weight is 1340 g/mol. The lowest BCUT2D eigenvalue weighted by molar-refractivity contribution is 0.591. The molecule has 0 spiro atoms. The Morgan fingerprint density at radius 3 is 0.933 bits per heavy atom. The van der Waals surface area contributed by atoms with Crippen LogP contribution < -0.4 is 0 Å². The quantitative estimate of drug-likeness (QED) is 0.148. The Bertz CT molecular complexity index is 6740. The van der Waals surface area contributed by atoms with E-state index < -0.39 is 0 Å². The summed E-state index contributed by atoms with van der Waals surface area (Å²) in [5.74, 6) is 1.45. The topological polar surface area (TPSA) is 141 Å². The van der Waals surface area contributed by atoms with Crippen LogP contribution in [0.3, 0.4) is 0 Å². The molecular formula is C94H66N10. The SMILES string of the molecule is CC(C)(C)c1ccc2c(c1)c1ccccc1n2-c1cc(-c2cccc(C#N)c2C#N)c(-n2c3ccccc3c3cc(C(C)(C)C)ccc32)cn1.N#Cc1cccc(-c2cc(-n3c4ccccc4c4cc(-c5ccccc5)ccc43)ncc2-n2c3ccccc3c3cc(-c4ccccc4)ccc32)c1C#N. The van der Waals surface area contributed by atoms with Crippen molar-refractivity contribution in [1.29, 1.82) is 21.0 Å². The highest BCUT2D eigenvalue weighted by Crippen LogP contribution is 2.45. The summed E-state index contributed by atoms with van der Waals surface area (Å²) in [5.41, 5.74) is 21.4. The molecule has 10 nitrogen and oxygen atoms in total. The molecule has 0 atom stereocenters. The summed E-state index contributed by atoms with van der Waals surface area (Å²) < 4.78 is 8.91. The smallest absolute Gasteiger partial charge is 0.138 e. The first-order chi connectivity index (χ1) is 50.7. The fourth-order valence-corrected chi connectivity index (χ4v) is 15.3. The minimum Gasteiger partial charge on any atom is -0.307 e. The summed E-state index contributed by atoms with van der Waals surface area (Å²) >= 11 is 0. The first-order valence-corrected chi connectivity index (χ1v) is 34.8. The summed E-state index contributed by atoms with van der Waals surface area (Å²) in [6.07, 6.45) is 3.85. The van der Waals surface area contributed by atoms with Gasteiger partial charge in [0.2, 0.25) is 0 Å². The van der Waals surface area contributed by atoms with E-state index >= 15 is 0 Å². The lowest BCUT2D eigenvalue weighted by Gasteiger charge is -2.20. The Morgan fingerprint density at radius 2 is 0.577 bits per heavy atom. The van der Waals surface area contributed by atoms with Crippen LogP contribution in [-0.4, -0.2) is 28.2 Å². The zero-order valence-corrected chi connectivity index (χ0v) is 58.2. The molecule has 0 bridgehead atoms. The van der Waals surface area contributed by atoms with Crippen LogP contribution >= 0.6 is 0 Å². The van der Waals surface area contributed by atoms with E-state index in [0.717, 1.165) is 132 Å². The fraction of sp³-hybridized carbons (Fsp3) is 0.0851. The Labute approximate surface area is 601 Å². The third-order valence-corrected chi connectivity index (χ3v) is 20.5. The number of hydrogen-bond acceptors (Lipinski definition) is 6. The number of nitriles is 4. The lowest BCUT2D eigenvalue weighted by atomic mass is 9.86. The Morgan fingerprint density at radius 1 is 0.260 bits per heavy atom. The van der Waals surface area contributed by atoms with Crippen molar-refractivity contribution in [2.24, 2.45) is 0 Å². The number of pyridine rings is 2. The molecule has 104 heavy (non-hydrogen) atoms. The highest BCUT2D eigenvalue weighted by atomic mass is 15.1.